The van der Waals surface area contributed by atoms with E-state index < -0.39 is 11.9 Å². The van der Waals surface area contributed by atoms with Gasteiger partial charge in [-0.2, -0.15) is 0 Å². The molecular weight excluding hydrogens is 218 g/mol. The molecule has 2 unspecified atom stereocenters. The Kier molecular flexibility index (Phi) is 2.24. The maximum absolute atomic E-state index is 11.3. The maximum Gasteiger partial charge on any atom is 0.310 e. The molecule has 4 nitrogen and oxygen atoms in total. The SMILES string of the molecule is Nc1ccc2c(c1)CC(C(=O)O)C(C1CC1)O2. The molecule has 4 heteroatoms. The van der Waals surface area contributed by atoms with E-state index in [1.165, 1.54) is 0 Å². The van der Waals surface area contributed by atoms with Gasteiger partial charge in [-0.25, -0.2) is 0 Å². The second kappa shape index (κ2) is 3.65. The molecule has 1 aliphatic carbocycles. The molecule has 1 aliphatic heterocycles. The van der Waals surface area contributed by atoms with Crippen LogP contribution in [0.1, 0.15) is 18.4 Å². The van der Waals surface area contributed by atoms with Crippen molar-refractivity contribution in [1.29, 1.82) is 0 Å². The van der Waals surface area contributed by atoms with Gasteiger partial charge in [0.05, 0.1) is 5.92 Å². The Morgan fingerprint density at radius 2 is 2.18 bits per heavy atom. The molecule has 2 aliphatic rings. The Bertz CT molecular complexity index is 468. The molecule has 0 radical (unpaired) electrons. The van der Waals surface area contributed by atoms with Crippen LogP contribution in [0.2, 0.25) is 0 Å². The van der Waals surface area contributed by atoms with Gasteiger partial charge >= 0.3 is 5.97 Å². The van der Waals surface area contributed by atoms with Crippen molar-refractivity contribution < 1.29 is 14.6 Å². The average molecular weight is 233 g/mol. The fraction of sp³-hybridized carbons (Fsp3) is 0.462. The second-order valence-electron chi connectivity index (χ2n) is 4.94. The smallest absolute Gasteiger partial charge is 0.310 e. The van der Waals surface area contributed by atoms with Gasteiger partial charge in [-0.3, -0.25) is 4.79 Å². The molecule has 1 aromatic carbocycles. The summed E-state index contributed by atoms with van der Waals surface area (Å²) in [6, 6.07) is 5.45. The zero-order valence-electron chi connectivity index (χ0n) is 9.43. The van der Waals surface area contributed by atoms with Crippen molar-refractivity contribution in [3.63, 3.8) is 0 Å². The van der Waals surface area contributed by atoms with Crippen LogP contribution in [0.25, 0.3) is 0 Å². The van der Waals surface area contributed by atoms with Gasteiger partial charge in [0.1, 0.15) is 11.9 Å². The number of benzene rings is 1. The van der Waals surface area contributed by atoms with Crippen LogP contribution < -0.4 is 10.5 Å². The second-order valence-corrected chi connectivity index (χ2v) is 4.94. The largest absolute Gasteiger partial charge is 0.489 e. The van der Waals surface area contributed by atoms with Crippen LogP contribution in [-0.2, 0) is 11.2 Å². The Morgan fingerprint density at radius 3 is 2.82 bits per heavy atom. The third-order valence-electron chi connectivity index (χ3n) is 3.59. The standard InChI is InChI=1S/C13H15NO3/c14-9-3-4-11-8(5-9)6-10(13(15)16)12(17-11)7-1-2-7/h3-5,7,10,12H,1-2,6,14H2,(H,15,16). The first-order valence-electron chi connectivity index (χ1n) is 5.93. The fourth-order valence-corrected chi connectivity index (χ4v) is 2.53. The van der Waals surface area contributed by atoms with E-state index in [1.807, 2.05) is 12.1 Å². The predicted molar refractivity (Wildman–Crippen MR) is 62.8 cm³/mol. The molecule has 0 saturated heterocycles. The maximum atomic E-state index is 11.3. The number of carboxylic acids is 1. The van der Waals surface area contributed by atoms with Crippen LogP contribution in [0.5, 0.6) is 5.75 Å². The van der Waals surface area contributed by atoms with Gasteiger partial charge in [-0.1, -0.05) is 0 Å². The predicted octanol–water partition coefficient (Wildman–Crippen LogP) is 1.68. The number of rotatable bonds is 2. The minimum atomic E-state index is -0.769. The van der Waals surface area contributed by atoms with Gasteiger partial charge in [-0.15, -0.1) is 0 Å². The molecule has 0 spiro atoms. The van der Waals surface area contributed by atoms with Crippen LogP contribution in [0.4, 0.5) is 5.69 Å². The van der Waals surface area contributed by atoms with E-state index in [0.29, 0.717) is 18.0 Å². The Hall–Kier alpha value is -1.71. The Labute approximate surface area is 99.4 Å². The number of aliphatic carboxylic acids is 1. The number of fused-ring (bicyclic) bond motifs is 1. The van der Waals surface area contributed by atoms with Gasteiger partial charge < -0.3 is 15.6 Å². The van der Waals surface area contributed by atoms with Gasteiger partial charge in [-0.05, 0) is 48.9 Å². The molecule has 1 fully saturated rings. The third kappa shape index (κ3) is 1.84. The summed E-state index contributed by atoms with van der Waals surface area (Å²) < 4.78 is 5.85. The highest BCUT2D eigenvalue weighted by atomic mass is 16.5. The summed E-state index contributed by atoms with van der Waals surface area (Å²) in [5.74, 6) is 0.0159. The van der Waals surface area contributed by atoms with Gasteiger partial charge in [0.2, 0.25) is 0 Å². The topological polar surface area (TPSA) is 72.6 Å². The molecular formula is C13H15NO3. The first kappa shape index (κ1) is 10.4. The van der Waals surface area contributed by atoms with E-state index >= 15 is 0 Å². The summed E-state index contributed by atoms with van der Waals surface area (Å²) in [6.07, 6.45) is 2.53. The highest BCUT2D eigenvalue weighted by Crippen LogP contribution is 2.43. The van der Waals surface area contributed by atoms with Crippen molar-refractivity contribution in [2.45, 2.75) is 25.4 Å². The summed E-state index contributed by atoms with van der Waals surface area (Å²) in [5, 5.41) is 9.27. The molecule has 90 valence electrons. The number of carboxylic acid groups (broad SMARTS) is 1. The molecule has 2 atom stereocenters. The highest BCUT2D eigenvalue weighted by Gasteiger charge is 2.44. The van der Waals surface area contributed by atoms with Crippen LogP contribution in [0.3, 0.4) is 0 Å². The summed E-state index contributed by atoms with van der Waals surface area (Å²) in [6.45, 7) is 0. The molecule has 1 saturated carbocycles. The molecule has 1 heterocycles. The lowest BCUT2D eigenvalue weighted by Crippen LogP contribution is -2.39. The van der Waals surface area contributed by atoms with Crippen molar-refractivity contribution in [1.82, 2.24) is 0 Å². The number of hydrogen-bond acceptors (Lipinski definition) is 3. The van der Waals surface area contributed by atoms with E-state index in [2.05, 4.69) is 0 Å². The Morgan fingerprint density at radius 1 is 1.41 bits per heavy atom. The number of ether oxygens (including phenoxy) is 1. The lowest BCUT2D eigenvalue weighted by molar-refractivity contribution is -0.146. The average Bonchev–Trinajstić information content (AvgIpc) is 3.11. The molecule has 17 heavy (non-hydrogen) atoms. The quantitative estimate of drug-likeness (QED) is 0.762. The number of anilines is 1. The monoisotopic (exact) mass is 233 g/mol. The number of hydrogen-bond donors (Lipinski definition) is 2. The van der Waals surface area contributed by atoms with Crippen LogP contribution in [0.15, 0.2) is 18.2 Å². The van der Waals surface area contributed by atoms with Crippen LogP contribution in [0, 0.1) is 11.8 Å². The van der Waals surface area contributed by atoms with E-state index in [0.717, 1.165) is 24.2 Å². The number of nitrogen functional groups attached to an aromatic ring is 1. The van der Waals surface area contributed by atoms with E-state index in [-0.39, 0.29) is 6.10 Å². The first-order valence-corrected chi connectivity index (χ1v) is 5.93. The van der Waals surface area contributed by atoms with Gasteiger partial charge in [0.15, 0.2) is 0 Å². The molecule has 0 bridgehead atoms. The lowest BCUT2D eigenvalue weighted by atomic mass is 9.88. The number of carbonyl (C=O) groups is 1. The summed E-state index contributed by atoms with van der Waals surface area (Å²) in [7, 11) is 0. The van der Waals surface area contributed by atoms with Crippen molar-refractivity contribution in [3.8, 4) is 5.75 Å². The normalized spacial score (nSPS) is 27.1. The van der Waals surface area contributed by atoms with E-state index in [4.69, 9.17) is 10.5 Å². The van der Waals surface area contributed by atoms with E-state index in [9.17, 15) is 9.90 Å². The zero-order valence-corrected chi connectivity index (χ0v) is 9.43. The van der Waals surface area contributed by atoms with Crippen molar-refractivity contribution in [2.24, 2.45) is 11.8 Å². The first-order chi connectivity index (χ1) is 8.15. The van der Waals surface area contributed by atoms with Crippen molar-refractivity contribution >= 4 is 11.7 Å². The molecule has 1 aromatic rings. The summed E-state index contributed by atoms with van der Waals surface area (Å²) in [5.41, 5.74) is 7.27. The molecule has 0 amide bonds. The van der Waals surface area contributed by atoms with E-state index in [1.54, 1.807) is 6.07 Å². The highest BCUT2D eigenvalue weighted by molar-refractivity contribution is 5.72. The fourth-order valence-electron chi connectivity index (χ4n) is 2.53. The summed E-state index contributed by atoms with van der Waals surface area (Å²) >= 11 is 0. The zero-order chi connectivity index (χ0) is 12.0. The van der Waals surface area contributed by atoms with Crippen molar-refractivity contribution in [3.05, 3.63) is 23.8 Å². The molecule has 3 N–H and O–H groups in total. The third-order valence-corrected chi connectivity index (χ3v) is 3.59. The minimum absolute atomic E-state index is 0.163. The van der Waals surface area contributed by atoms with Gasteiger partial charge in [0.25, 0.3) is 0 Å². The lowest BCUT2D eigenvalue weighted by Gasteiger charge is -2.31. The minimum Gasteiger partial charge on any atom is -0.489 e. The Balaban J connectivity index is 1.94. The van der Waals surface area contributed by atoms with Gasteiger partial charge in [0, 0.05) is 5.69 Å². The molecule has 3 rings (SSSR count). The summed E-state index contributed by atoms with van der Waals surface area (Å²) in [4.78, 5) is 11.3. The molecule has 0 aromatic heterocycles. The van der Waals surface area contributed by atoms with Crippen LogP contribution >= 0.6 is 0 Å². The van der Waals surface area contributed by atoms with Crippen LogP contribution in [-0.4, -0.2) is 17.2 Å². The number of nitrogens with two attached hydrogens (primary N) is 1. The van der Waals surface area contributed by atoms with Crippen molar-refractivity contribution in [2.75, 3.05) is 5.73 Å².